The number of para-hydroxylation sites is 2. The van der Waals surface area contributed by atoms with Crippen molar-refractivity contribution in [2.45, 2.75) is 38.5 Å². The van der Waals surface area contributed by atoms with Crippen LogP contribution in [-0.4, -0.2) is 31.2 Å². The molecule has 5 rings (SSSR count). The Labute approximate surface area is 192 Å². The lowest BCUT2D eigenvalue weighted by molar-refractivity contribution is -0.142. The first-order chi connectivity index (χ1) is 16.1. The Morgan fingerprint density at radius 2 is 1.76 bits per heavy atom. The standard InChI is InChI=1S/C26H25N5O2/c1-18-25-29-21-12-5-6-13-22(21)31(25)23(15-24(32)28-16-20-11-7-8-14-27-20)26(33)30(18)17-19-9-3-2-4-10-19/h2-14,18,23H,15-17H2,1H3,(H,28,32)/t18-,23+/m1/s1. The molecule has 2 aromatic heterocycles. The van der Waals surface area contributed by atoms with E-state index in [2.05, 4.69) is 10.3 Å². The topological polar surface area (TPSA) is 80.1 Å². The molecule has 166 valence electrons. The van der Waals surface area contributed by atoms with Crippen LogP contribution in [0.2, 0.25) is 0 Å². The van der Waals surface area contributed by atoms with E-state index in [4.69, 9.17) is 4.98 Å². The van der Waals surface area contributed by atoms with Crippen LogP contribution in [0.5, 0.6) is 0 Å². The highest BCUT2D eigenvalue weighted by molar-refractivity contribution is 5.90. The number of amides is 2. The van der Waals surface area contributed by atoms with Gasteiger partial charge in [0.05, 0.1) is 35.7 Å². The Morgan fingerprint density at radius 1 is 1.00 bits per heavy atom. The molecule has 0 saturated carbocycles. The number of fused-ring (bicyclic) bond motifs is 3. The summed E-state index contributed by atoms with van der Waals surface area (Å²) in [6.07, 6.45) is 1.73. The predicted octanol–water partition coefficient (Wildman–Crippen LogP) is 3.78. The van der Waals surface area contributed by atoms with Gasteiger partial charge in [-0.15, -0.1) is 0 Å². The van der Waals surface area contributed by atoms with Crippen LogP contribution >= 0.6 is 0 Å². The SMILES string of the molecule is C[C@@H]1c2nc3ccccc3n2[C@@H](CC(=O)NCc2ccccn2)C(=O)N1Cc1ccccc1. The average Bonchev–Trinajstić information content (AvgIpc) is 3.24. The molecule has 7 heteroatoms. The molecular weight excluding hydrogens is 414 g/mol. The van der Waals surface area contributed by atoms with Crippen molar-refractivity contribution in [2.75, 3.05) is 0 Å². The largest absolute Gasteiger partial charge is 0.350 e. The maximum absolute atomic E-state index is 13.7. The summed E-state index contributed by atoms with van der Waals surface area (Å²) >= 11 is 0. The van der Waals surface area contributed by atoms with Crippen molar-refractivity contribution in [1.82, 2.24) is 24.8 Å². The number of rotatable bonds is 6. The van der Waals surface area contributed by atoms with Gasteiger partial charge in [0.15, 0.2) is 0 Å². The summed E-state index contributed by atoms with van der Waals surface area (Å²) in [7, 11) is 0. The lowest BCUT2D eigenvalue weighted by Gasteiger charge is -2.38. The van der Waals surface area contributed by atoms with Gasteiger partial charge in [-0.1, -0.05) is 48.5 Å². The molecule has 2 atom stereocenters. The fraction of sp³-hybridized carbons (Fsp3) is 0.231. The van der Waals surface area contributed by atoms with E-state index in [0.717, 1.165) is 28.1 Å². The smallest absolute Gasteiger partial charge is 0.247 e. The summed E-state index contributed by atoms with van der Waals surface area (Å²) in [5, 5.41) is 2.91. The zero-order valence-electron chi connectivity index (χ0n) is 18.4. The van der Waals surface area contributed by atoms with Gasteiger partial charge in [0.2, 0.25) is 11.8 Å². The number of pyridine rings is 1. The summed E-state index contributed by atoms with van der Waals surface area (Å²) in [5.74, 6) is 0.529. The molecule has 1 aliphatic rings. The van der Waals surface area contributed by atoms with Crippen LogP contribution in [0, 0.1) is 0 Å². The molecule has 1 N–H and O–H groups in total. The molecule has 0 aliphatic carbocycles. The van der Waals surface area contributed by atoms with Crippen LogP contribution in [0.15, 0.2) is 79.0 Å². The second kappa shape index (κ2) is 8.86. The molecule has 7 nitrogen and oxygen atoms in total. The first-order valence-electron chi connectivity index (χ1n) is 11.1. The molecule has 0 radical (unpaired) electrons. The van der Waals surface area contributed by atoms with E-state index in [0.29, 0.717) is 13.1 Å². The van der Waals surface area contributed by atoms with E-state index in [-0.39, 0.29) is 24.3 Å². The van der Waals surface area contributed by atoms with E-state index in [9.17, 15) is 9.59 Å². The van der Waals surface area contributed by atoms with Crippen molar-refractivity contribution in [3.05, 3.63) is 96.1 Å². The first-order valence-corrected chi connectivity index (χ1v) is 11.1. The number of carbonyl (C=O) groups is 2. The summed E-state index contributed by atoms with van der Waals surface area (Å²) < 4.78 is 1.95. The lowest BCUT2D eigenvalue weighted by Crippen LogP contribution is -2.46. The van der Waals surface area contributed by atoms with Gasteiger partial charge in [0.25, 0.3) is 0 Å². The molecule has 0 unspecified atom stereocenters. The highest BCUT2D eigenvalue weighted by Gasteiger charge is 2.40. The van der Waals surface area contributed by atoms with Crippen LogP contribution in [0.1, 0.15) is 42.5 Å². The summed E-state index contributed by atoms with van der Waals surface area (Å²) in [6.45, 7) is 2.79. The molecule has 0 fully saturated rings. The molecule has 33 heavy (non-hydrogen) atoms. The highest BCUT2D eigenvalue weighted by Crippen LogP contribution is 2.37. The van der Waals surface area contributed by atoms with Gasteiger partial charge in [-0.05, 0) is 36.8 Å². The summed E-state index contributed by atoms with van der Waals surface area (Å²) in [4.78, 5) is 37.6. The Bertz CT molecular complexity index is 1290. The second-order valence-corrected chi connectivity index (χ2v) is 8.27. The van der Waals surface area contributed by atoms with Gasteiger partial charge < -0.3 is 14.8 Å². The summed E-state index contributed by atoms with van der Waals surface area (Å²) in [5.41, 5.74) is 3.51. The Kier molecular flexibility index (Phi) is 5.60. The quantitative estimate of drug-likeness (QED) is 0.496. The van der Waals surface area contributed by atoms with Crippen LogP contribution in [0.3, 0.4) is 0 Å². The zero-order valence-corrected chi connectivity index (χ0v) is 18.4. The van der Waals surface area contributed by atoms with Crippen LogP contribution in [-0.2, 0) is 22.7 Å². The first kappa shape index (κ1) is 20.9. The van der Waals surface area contributed by atoms with Gasteiger partial charge in [0, 0.05) is 12.7 Å². The summed E-state index contributed by atoms with van der Waals surface area (Å²) in [6, 6.07) is 22.4. The molecule has 4 aromatic rings. The number of carbonyl (C=O) groups excluding carboxylic acids is 2. The number of imidazole rings is 1. The normalized spacial score (nSPS) is 17.7. The van der Waals surface area contributed by atoms with E-state index >= 15 is 0 Å². The molecule has 0 spiro atoms. The van der Waals surface area contributed by atoms with Gasteiger partial charge in [-0.2, -0.15) is 0 Å². The Morgan fingerprint density at radius 3 is 2.55 bits per heavy atom. The van der Waals surface area contributed by atoms with Crippen molar-refractivity contribution in [3.63, 3.8) is 0 Å². The van der Waals surface area contributed by atoms with E-state index in [1.807, 2.05) is 89.2 Å². The van der Waals surface area contributed by atoms with Crippen molar-refractivity contribution in [1.29, 1.82) is 0 Å². The van der Waals surface area contributed by atoms with E-state index in [1.54, 1.807) is 6.20 Å². The third kappa shape index (κ3) is 4.09. The molecule has 2 amide bonds. The lowest BCUT2D eigenvalue weighted by atomic mass is 10.0. The number of nitrogens with one attached hydrogen (secondary N) is 1. The van der Waals surface area contributed by atoms with Gasteiger partial charge >= 0.3 is 0 Å². The number of aromatic nitrogens is 3. The molecule has 2 aromatic carbocycles. The minimum Gasteiger partial charge on any atom is -0.350 e. The van der Waals surface area contributed by atoms with Crippen LogP contribution in [0.4, 0.5) is 0 Å². The monoisotopic (exact) mass is 439 g/mol. The van der Waals surface area contributed by atoms with E-state index in [1.165, 1.54) is 0 Å². The average molecular weight is 440 g/mol. The second-order valence-electron chi connectivity index (χ2n) is 8.27. The highest BCUT2D eigenvalue weighted by atomic mass is 16.2. The Hall–Kier alpha value is -4.00. The maximum Gasteiger partial charge on any atom is 0.247 e. The number of benzene rings is 2. The predicted molar refractivity (Wildman–Crippen MR) is 125 cm³/mol. The van der Waals surface area contributed by atoms with Crippen LogP contribution < -0.4 is 5.32 Å². The van der Waals surface area contributed by atoms with Crippen molar-refractivity contribution < 1.29 is 9.59 Å². The van der Waals surface area contributed by atoms with Crippen molar-refractivity contribution in [2.24, 2.45) is 0 Å². The zero-order chi connectivity index (χ0) is 22.8. The maximum atomic E-state index is 13.7. The number of hydrogen-bond donors (Lipinski definition) is 1. The fourth-order valence-corrected chi connectivity index (χ4v) is 4.43. The van der Waals surface area contributed by atoms with Crippen molar-refractivity contribution in [3.8, 4) is 0 Å². The molecule has 3 heterocycles. The fourth-order valence-electron chi connectivity index (χ4n) is 4.43. The third-order valence-electron chi connectivity index (χ3n) is 6.11. The number of nitrogens with zero attached hydrogens (tertiary/aromatic N) is 4. The van der Waals surface area contributed by atoms with Crippen molar-refractivity contribution >= 4 is 22.8 Å². The Balaban J connectivity index is 1.46. The van der Waals surface area contributed by atoms with E-state index < -0.39 is 6.04 Å². The van der Waals surface area contributed by atoms with Gasteiger partial charge in [-0.25, -0.2) is 4.98 Å². The minimum atomic E-state index is -0.656. The molecule has 0 bridgehead atoms. The van der Waals surface area contributed by atoms with Crippen LogP contribution in [0.25, 0.3) is 11.0 Å². The minimum absolute atomic E-state index is 0.0387. The molecule has 1 aliphatic heterocycles. The molecular formula is C26H25N5O2. The van der Waals surface area contributed by atoms with Gasteiger partial charge in [-0.3, -0.25) is 14.6 Å². The third-order valence-corrected chi connectivity index (χ3v) is 6.11. The number of hydrogen-bond acceptors (Lipinski definition) is 4. The molecule has 0 saturated heterocycles. The van der Waals surface area contributed by atoms with Gasteiger partial charge in [0.1, 0.15) is 11.9 Å².